The summed E-state index contributed by atoms with van der Waals surface area (Å²) in [4.78, 5) is 24.4. The van der Waals surface area contributed by atoms with Gasteiger partial charge < -0.3 is 5.32 Å². The zero-order valence-corrected chi connectivity index (χ0v) is 15.4. The molecule has 0 spiro atoms. The van der Waals surface area contributed by atoms with Crippen LogP contribution in [0.3, 0.4) is 0 Å². The van der Waals surface area contributed by atoms with E-state index < -0.39 is 15.9 Å². The Balaban J connectivity index is 1.81. The van der Waals surface area contributed by atoms with Gasteiger partial charge in [-0.2, -0.15) is 0 Å². The maximum absolute atomic E-state index is 12.5. The minimum Gasteiger partial charge on any atom is -0.322 e. The number of hydrogen-bond donors (Lipinski definition) is 1. The minimum atomic E-state index is -3.65. The van der Waals surface area contributed by atoms with E-state index in [9.17, 15) is 18.0 Å². The number of nitrogens with one attached hydrogen (secondary N) is 1. The number of anilines is 2. The molecule has 3 rings (SSSR count). The van der Waals surface area contributed by atoms with Gasteiger partial charge in [0.2, 0.25) is 15.9 Å². The van der Waals surface area contributed by atoms with Crippen molar-refractivity contribution in [3.05, 3.63) is 59.7 Å². The number of amides is 2. The van der Waals surface area contributed by atoms with Crippen LogP contribution in [-0.2, 0) is 14.8 Å². The highest BCUT2D eigenvalue weighted by atomic mass is 32.2. The minimum absolute atomic E-state index is 0.0407. The molecule has 2 aromatic carbocycles. The Labute approximate surface area is 152 Å². The van der Waals surface area contributed by atoms with Gasteiger partial charge in [0.05, 0.1) is 11.4 Å². The van der Waals surface area contributed by atoms with Crippen molar-refractivity contribution in [2.75, 3.05) is 15.4 Å². The Kier molecular flexibility index (Phi) is 4.82. The van der Waals surface area contributed by atoms with Crippen molar-refractivity contribution in [1.82, 2.24) is 0 Å². The predicted molar refractivity (Wildman–Crippen MR) is 101 cm³/mol. The first-order valence-electron chi connectivity index (χ1n) is 8.35. The smallest absolute Gasteiger partial charge is 0.255 e. The molecule has 1 N–H and O–H groups in total. The molecule has 6 nitrogen and oxygen atoms in total. The third kappa shape index (κ3) is 3.62. The Morgan fingerprint density at radius 3 is 2.38 bits per heavy atom. The monoisotopic (exact) mass is 372 g/mol. The van der Waals surface area contributed by atoms with E-state index in [1.807, 2.05) is 24.3 Å². The SMILES string of the molecule is CC(C)c1ccc(NC(=O)c2cccc(N3C(=O)CCS3(=O)=O)c2)cc1. The molecule has 0 atom stereocenters. The molecular weight excluding hydrogens is 352 g/mol. The lowest BCUT2D eigenvalue weighted by atomic mass is 10.0. The summed E-state index contributed by atoms with van der Waals surface area (Å²) in [5.41, 5.74) is 2.29. The molecule has 0 unspecified atom stereocenters. The van der Waals surface area contributed by atoms with Gasteiger partial charge in [0, 0.05) is 17.7 Å². The summed E-state index contributed by atoms with van der Waals surface area (Å²) in [6, 6.07) is 13.6. The summed E-state index contributed by atoms with van der Waals surface area (Å²) in [5.74, 6) is -0.652. The van der Waals surface area contributed by atoms with Crippen molar-refractivity contribution in [3.8, 4) is 0 Å². The van der Waals surface area contributed by atoms with E-state index in [4.69, 9.17) is 0 Å². The number of nitrogens with zero attached hydrogens (tertiary/aromatic N) is 1. The summed E-state index contributed by atoms with van der Waals surface area (Å²) < 4.78 is 24.9. The summed E-state index contributed by atoms with van der Waals surface area (Å²) in [6.07, 6.45) is -0.0407. The van der Waals surface area contributed by atoms with Gasteiger partial charge in [-0.1, -0.05) is 32.0 Å². The van der Waals surface area contributed by atoms with Crippen molar-refractivity contribution in [3.63, 3.8) is 0 Å². The summed E-state index contributed by atoms with van der Waals surface area (Å²) >= 11 is 0. The van der Waals surface area contributed by atoms with Gasteiger partial charge in [0.15, 0.2) is 0 Å². The standard InChI is InChI=1S/C19H20N2O4S/c1-13(2)14-6-8-16(9-7-14)20-19(23)15-4-3-5-17(12-15)21-18(22)10-11-26(21,24)25/h3-9,12-13H,10-11H2,1-2H3,(H,20,23). The molecule has 0 saturated carbocycles. The molecule has 1 fully saturated rings. The fourth-order valence-electron chi connectivity index (χ4n) is 2.80. The van der Waals surface area contributed by atoms with Crippen molar-refractivity contribution >= 4 is 33.2 Å². The van der Waals surface area contributed by atoms with Gasteiger partial charge in [-0.15, -0.1) is 0 Å². The molecule has 0 radical (unpaired) electrons. The lowest BCUT2D eigenvalue weighted by Crippen LogP contribution is -2.29. The molecule has 0 aliphatic carbocycles. The fourth-order valence-corrected chi connectivity index (χ4v) is 4.25. The van der Waals surface area contributed by atoms with E-state index >= 15 is 0 Å². The Hall–Kier alpha value is -2.67. The van der Waals surface area contributed by atoms with Crippen LogP contribution in [0.5, 0.6) is 0 Å². The molecule has 1 saturated heterocycles. The lowest BCUT2D eigenvalue weighted by molar-refractivity contribution is -0.116. The second-order valence-corrected chi connectivity index (χ2v) is 8.44. The van der Waals surface area contributed by atoms with E-state index in [0.717, 1.165) is 4.31 Å². The summed E-state index contributed by atoms with van der Waals surface area (Å²) in [5, 5.41) is 2.78. The zero-order valence-electron chi connectivity index (χ0n) is 14.6. The molecule has 136 valence electrons. The second kappa shape index (κ2) is 6.92. The van der Waals surface area contributed by atoms with E-state index in [0.29, 0.717) is 11.6 Å². The van der Waals surface area contributed by atoms with E-state index in [1.165, 1.54) is 17.7 Å². The third-order valence-electron chi connectivity index (χ3n) is 4.26. The van der Waals surface area contributed by atoms with Crippen LogP contribution < -0.4 is 9.62 Å². The second-order valence-electron chi connectivity index (χ2n) is 6.51. The number of rotatable bonds is 4. The molecule has 1 aliphatic rings. The van der Waals surface area contributed by atoms with Crippen molar-refractivity contribution in [2.24, 2.45) is 0 Å². The van der Waals surface area contributed by atoms with Gasteiger partial charge >= 0.3 is 0 Å². The highest BCUT2D eigenvalue weighted by Gasteiger charge is 2.36. The van der Waals surface area contributed by atoms with E-state index in [2.05, 4.69) is 19.2 Å². The van der Waals surface area contributed by atoms with Crippen LogP contribution in [0.2, 0.25) is 0 Å². The van der Waals surface area contributed by atoms with Gasteiger partial charge in [-0.05, 0) is 41.8 Å². The quantitative estimate of drug-likeness (QED) is 0.894. The predicted octanol–water partition coefficient (Wildman–Crippen LogP) is 3.13. The van der Waals surface area contributed by atoms with E-state index in [-0.39, 0.29) is 29.3 Å². The van der Waals surface area contributed by atoms with Gasteiger partial charge in [0.25, 0.3) is 5.91 Å². The van der Waals surface area contributed by atoms with Gasteiger partial charge in [-0.25, -0.2) is 12.7 Å². The Bertz CT molecular complexity index is 950. The number of benzene rings is 2. The van der Waals surface area contributed by atoms with Crippen LogP contribution >= 0.6 is 0 Å². The first-order chi connectivity index (χ1) is 12.3. The van der Waals surface area contributed by atoms with Crippen molar-refractivity contribution in [1.29, 1.82) is 0 Å². The number of sulfonamides is 1. The topological polar surface area (TPSA) is 83.6 Å². The molecule has 1 heterocycles. The first kappa shape index (κ1) is 18.1. The van der Waals surface area contributed by atoms with Crippen LogP contribution in [-0.4, -0.2) is 26.0 Å². The van der Waals surface area contributed by atoms with Crippen LogP contribution in [0.4, 0.5) is 11.4 Å². The largest absolute Gasteiger partial charge is 0.322 e. The number of carbonyl (C=O) groups is 2. The number of carbonyl (C=O) groups excluding carboxylic acids is 2. The average molecular weight is 372 g/mol. The molecule has 0 aromatic heterocycles. The average Bonchev–Trinajstić information content (AvgIpc) is 2.88. The molecule has 2 aromatic rings. The molecule has 26 heavy (non-hydrogen) atoms. The van der Waals surface area contributed by atoms with Crippen LogP contribution in [0, 0.1) is 0 Å². The van der Waals surface area contributed by atoms with Crippen LogP contribution in [0.15, 0.2) is 48.5 Å². The van der Waals surface area contributed by atoms with Crippen molar-refractivity contribution in [2.45, 2.75) is 26.2 Å². The molecule has 0 bridgehead atoms. The molecule has 2 amide bonds. The molecule has 7 heteroatoms. The number of hydrogen-bond acceptors (Lipinski definition) is 4. The van der Waals surface area contributed by atoms with Crippen LogP contribution in [0.25, 0.3) is 0 Å². The Morgan fingerprint density at radius 2 is 1.81 bits per heavy atom. The maximum atomic E-state index is 12.5. The zero-order chi connectivity index (χ0) is 18.9. The van der Waals surface area contributed by atoms with Gasteiger partial charge in [-0.3, -0.25) is 9.59 Å². The van der Waals surface area contributed by atoms with E-state index in [1.54, 1.807) is 12.1 Å². The Morgan fingerprint density at radius 1 is 1.12 bits per heavy atom. The lowest BCUT2D eigenvalue weighted by Gasteiger charge is -2.16. The fraction of sp³-hybridized carbons (Fsp3) is 0.263. The van der Waals surface area contributed by atoms with Gasteiger partial charge in [0.1, 0.15) is 0 Å². The molecule has 1 aliphatic heterocycles. The maximum Gasteiger partial charge on any atom is 0.255 e. The third-order valence-corrected chi connectivity index (χ3v) is 5.95. The summed E-state index contributed by atoms with van der Waals surface area (Å²) in [7, 11) is -3.65. The highest BCUT2D eigenvalue weighted by molar-refractivity contribution is 7.94. The normalized spacial score (nSPS) is 16.1. The first-order valence-corrected chi connectivity index (χ1v) is 9.96. The summed E-state index contributed by atoms with van der Waals surface area (Å²) in [6.45, 7) is 4.18. The van der Waals surface area contributed by atoms with Crippen LogP contribution in [0.1, 0.15) is 42.1 Å². The highest BCUT2D eigenvalue weighted by Crippen LogP contribution is 2.26. The molecular formula is C19H20N2O4S. The van der Waals surface area contributed by atoms with Crippen molar-refractivity contribution < 1.29 is 18.0 Å².